The molecule has 1 atom stereocenters. The number of halogens is 1. The summed E-state index contributed by atoms with van der Waals surface area (Å²) in [6.07, 6.45) is 1.23. The predicted molar refractivity (Wildman–Crippen MR) is 85.7 cm³/mol. The molecule has 2 aromatic rings. The molecule has 2 rings (SSSR count). The zero-order valence-electron chi connectivity index (χ0n) is 11.8. The maximum atomic E-state index is 12.0. The number of hydrogen-bond acceptors (Lipinski definition) is 2. The molecule has 2 aromatic carbocycles. The number of rotatable bonds is 6. The lowest BCUT2D eigenvalue weighted by Crippen LogP contribution is -2.43. The van der Waals surface area contributed by atoms with Crippen LogP contribution in [0.2, 0.25) is 5.02 Å². The molecular formula is C17H18ClNO2. The van der Waals surface area contributed by atoms with E-state index in [4.69, 9.17) is 11.6 Å². The van der Waals surface area contributed by atoms with Crippen molar-refractivity contribution in [2.24, 2.45) is 0 Å². The number of nitrogens with one attached hydrogen (secondary N) is 1. The highest BCUT2D eigenvalue weighted by Gasteiger charge is 2.39. The van der Waals surface area contributed by atoms with E-state index >= 15 is 0 Å². The first-order valence-electron chi connectivity index (χ1n) is 6.91. The van der Waals surface area contributed by atoms with Crippen LogP contribution in [0.5, 0.6) is 0 Å². The van der Waals surface area contributed by atoms with Crippen LogP contribution in [0.1, 0.15) is 25.3 Å². The highest BCUT2D eigenvalue weighted by atomic mass is 35.5. The average Bonchev–Trinajstić information content (AvgIpc) is 2.47. The number of aliphatic carboxylic acids is 1. The van der Waals surface area contributed by atoms with Crippen LogP contribution in [-0.4, -0.2) is 11.1 Å². The van der Waals surface area contributed by atoms with E-state index in [1.54, 1.807) is 18.2 Å². The van der Waals surface area contributed by atoms with Crippen molar-refractivity contribution in [3.8, 4) is 0 Å². The number of hydrogen-bond donors (Lipinski definition) is 2. The van der Waals surface area contributed by atoms with Gasteiger partial charge in [-0.2, -0.15) is 0 Å². The van der Waals surface area contributed by atoms with Crippen molar-refractivity contribution >= 4 is 23.3 Å². The molecule has 0 saturated heterocycles. The van der Waals surface area contributed by atoms with Gasteiger partial charge in [-0.05, 0) is 30.2 Å². The third-order valence-corrected chi connectivity index (χ3v) is 3.67. The molecule has 21 heavy (non-hydrogen) atoms. The van der Waals surface area contributed by atoms with Gasteiger partial charge in [0.15, 0.2) is 5.54 Å². The maximum Gasteiger partial charge on any atom is 0.334 e. The lowest BCUT2D eigenvalue weighted by molar-refractivity contribution is -0.143. The summed E-state index contributed by atoms with van der Waals surface area (Å²) in [5.74, 6) is -0.893. The summed E-state index contributed by atoms with van der Waals surface area (Å²) in [6, 6.07) is 16.4. The zero-order valence-corrected chi connectivity index (χ0v) is 12.6. The molecule has 0 heterocycles. The van der Waals surface area contributed by atoms with Crippen LogP contribution in [0, 0.1) is 0 Å². The van der Waals surface area contributed by atoms with E-state index in [-0.39, 0.29) is 0 Å². The fourth-order valence-corrected chi connectivity index (χ4v) is 2.66. The Morgan fingerprint density at radius 2 is 1.90 bits per heavy atom. The second-order valence-corrected chi connectivity index (χ2v) is 5.40. The lowest BCUT2D eigenvalue weighted by Gasteiger charge is -2.32. The third-order valence-electron chi connectivity index (χ3n) is 3.44. The number of benzene rings is 2. The van der Waals surface area contributed by atoms with Crippen LogP contribution in [0.4, 0.5) is 5.69 Å². The molecule has 0 aliphatic rings. The summed E-state index contributed by atoms with van der Waals surface area (Å²) in [4.78, 5) is 12.0. The number of carbonyl (C=O) groups is 1. The predicted octanol–water partition coefficient (Wildman–Crippen LogP) is 4.53. The quantitative estimate of drug-likeness (QED) is 0.824. The molecule has 2 N–H and O–H groups in total. The molecule has 0 aliphatic heterocycles. The molecule has 0 aliphatic carbocycles. The van der Waals surface area contributed by atoms with Gasteiger partial charge in [-0.25, -0.2) is 4.79 Å². The molecule has 0 aromatic heterocycles. The fraction of sp³-hybridized carbons (Fsp3) is 0.235. The number of carboxylic acid groups (broad SMARTS) is 1. The zero-order chi connectivity index (χ0) is 15.3. The summed E-state index contributed by atoms with van der Waals surface area (Å²) in [6.45, 7) is 1.97. The number of anilines is 1. The summed E-state index contributed by atoms with van der Waals surface area (Å²) < 4.78 is 0. The van der Waals surface area contributed by atoms with Crippen LogP contribution < -0.4 is 5.32 Å². The first-order valence-corrected chi connectivity index (χ1v) is 7.29. The van der Waals surface area contributed by atoms with Crippen molar-refractivity contribution in [2.45, 2.75) is 25.3 Å². The van der Waals surface area contributed by atoms with E-state index in [1.165, 1.54) is 0 Å². The SMILES string of the molecule is CCCC(Nc1cccc(Cl)c1)(C(=O)O)c1ccccc1. The third kappa shape index (κ3) is 3.37. The molecule has 3 nitrogen and oxygen atoms in total. The fourth-order valence-electron chi connectivity index (χ4n) is 2.47. The van der Waals surface area contributed by atoms with E-state index in [0.29, 0.717) is 17.1 Å². The van der Waals surface area contributed by atoms with Crippen molar-refractivity contribution in [1.29, 1.82) is 0 Å². The van der Waals surface area contributed by atoms with E-state index in [9.17, 15) is 9.90 Å². The molecule has 110 valence electrons. The molecule has 4 heteroatoms. The van der Waals surface area contributed by atoms with Gasteiger partial charge in [-0.1, -0.05) is 61.3 Å². The molecule has 0 bridgehead atoms. The van der Waals surface area contributed by atoms with Crippen molar-refractivity contribution in [2.75, 3.05) is 5.32 Å². The Labute approximate surface area is 129 Å². The topological polar surface area (TPSA) is 49.3 Å². The van der Waals surface area contributed by atoms with Gasteiger partial charge < -0.3 is 10.4 Å². The standard InChI is InChI=1S/C17H18ClNO2/c1-2-11-17(16(20)21,13-7-4-3-5-8-13)19-15-10-6-9-14(18)12-15/h3-10,12,19H,2,11H2,1H3,(H,20,21). The highest BCUT2D eigenvalue weighted by molar-refractivity contribution is 6.30. The molecule has 0 fully saturated rings. The Morgan fingerprint density at radius 1 is 1.19 bits per heavy atom. The Bertz CT molecular complexity index is 615. The smallest absolute Gasteiger partial charge is 0.334 e. The minimum absolute atomic E-state index is 0.485. The van der Waals surface area contributed by atoms with Gasteiger partial charge in [-0.3, -0.25) is 0 Å². The van der Waals surface area contributed by atoms with Gasteiger partial charge in [-0.15, -0.1) is 0 Å². The van der Waals surface area contributed by atoms with Crippen molar-refractivity contribution in [3.63, 3.8) is 0 Å². The summed E-state index contributed by atoms with van der Waals surface area (Å²) in [7, 11) is 0. The van der Waals surface area contributed by atoms with E-state index in [0.717, 1.165) is 12.0 Å². The van der Waals surface area contributed by atoms with Crippen LogP contribution in [0.3, 0.4) is 0 Å². The Balaban J connectivity index is 2.47. The average molecular weight is 304 g/mol. The van der Waals surface area contributed by atoms with Gasteiger partial charge in [0.25, 0.3) is 0 Å². The first-order chi connectivity index (χ1) is 10.1. The van der Waals surface area contributed by atoms with Gasteiger partial charge >= 0.3 is 5.97 Å². The first kappa shape index (κ1) is 15.4. The monoisotopic (exact) mass is 303 g/mol. The minimum Gasteiger partial charge on any atom is -0.479 e. The molecule has 0 radical (unpaired) electrons. The Kier molecular flexibility index (Phi) is 4.86. The molecule has 0 saturated carbocycles. The Morgan fingerprint density at radius 3 is 2.48 bits per heavy atom. The summed E-state index contributed by atoms with van der Waals surface area (Å²) in [5.41, 5.74) is 0.280. The van der Waals surface area contributed by atoms with Crippen molar-refractivity contribution < 1.29 is 9.90 Å². The van der Waals surface area contributed by atoms with Crippen LogP contribution in [-0.2, 0) is 10.3 Å². The molecular weight excluding hydrogens is 286 g/mol. The molecule has 1 unspecified atom stereocenters. The minimum atomic E-state index is -1.15. The van der Waals surface area contributed by atoms with Gasteiger partial charge in [0.1, 0.15) is 0 Å². The second-order valence-electron chi connectivity index (χ2n) is 4.96. The Hall–Kier alpha value is -2.00. The highest BCUT2D eigenvalue weighted by Crippen LogP contribution is 2.32. The van der Waals surface area contributed by atoms with E-state index < -0.39 is 11.5 Å². The van der Waals surface area contributed by atoms with Crippen molar-refractivity contribution in [1.82, 2.24) is 0 Å². The normalized spacial score (nSPS) is 13.4. The summed E-state index contributed by atoms with van der Waals surface area (Å²) in [5, 5.41) is 13.6. The maximum absolute atomic E-state index is 12.0. The number of carboxylic acids is 1. The molecule has 0 amide bonds. The van der Waals surface area contributed by atoms with Gasteiger partial charge in [0, 0.05) is 10.7 Å². The van der Waals surface area contributed by atoms with Crippen molar-refractivity contribution in [3.05, 3.63) is 65.2 Å². The molecule has 0 spiro atoms. The largest absolute Gasteiger partial charge is 0.479 e. The van der Waals surface area contributed by atoms with E-state index in [2.05, 4.69) is 5.32 Å². The van der Waals surface area contributed by atoms with Gasteiger partial charge in [0.05, 0.1) is 0 Å². The lowest BCUT2D eigenvalue weighted by atomic mass is 9.85. The van der Waals surface area contributed by atoms with Gasteiger partial charge in [0.2, 0.25) is 0 Å². The van der Waals surface area contributed by atoms with Crippen LogP contribution in [0.25, 0.3) is 0 Å². The summed E-state index contributed by atoms with van der Waals surface area (Å²) >= 11 is 5.99. The second kappa shape index (κ2) is 6.64. The van der Waals surface area contributed by atoms with Crippen LogP contribution in [0.15, 0.2) is 54.6 Å². The van der Waals surface area contributed by atoms with E-state index in [1.807, 2.05) is 43.3 Å². The van der Waals surface area contributed by atoms with Crippen LogP contribution >= 0.6 is 11.6 Å².